The molecule has 15 heavy (non-hydrogen) atoms. The number of pyridine rings is 1. The van der Waals surface area contributed by atoms with Gasteiger partial charge in [0, 0.05) is 0 Å². The number of halogens is 1. The zero-order chi connectivity index (χ0) is 10.8. The van der Waals surface area contributed by atoms with Crippen molar-refractivity contribution in [1.29, 1.82) is 0 Å². The standard InChI is InChI=1S/C9H9ClN2O3/c10-8-7(1-5(11)2-12-8)9(13)15-6-3-14-4-6/h1-2,6H,3-4,11H2. The van der Waals surface area contributed by atoms with Crippen molar-refractivity contribution in [2.45, 2.75) is 6.10 Å². The van der Waals surface area contributed by atoms with E-state index in [1.54, 1.807) is 0 Å². The van der Waals surface area contributed by atoms with Crippen molar-refractivity contribution < 1.29 is 14.3 Å². The Kier molecular flexibility index (Phi) is 2.75. The van der Waals surface area contributed by atoms with E-state index < -0.39 is 5.97 Å². The minimum Gasteiger partial charge on any atom is -0.454 e. The summed E-state index contributed by atoms with van der Waals surface area (Å²) in [5.74, 6) is -0.520. The number of carbonyl (C=O) groups is 1. The first kappa shape index (κ1) is 10.2. The van der Waals surface area contributed by atoms with Crippen molar-refractivity contribution >= 4 is 23.3 Å². The lowest BCUT2D eigenvalue weighted by atomic mass is 10.2. The Morgan fingerprint density at radius 3 is 3.00 bits per heavy atom. The molecule has 1 aliphatic rings. The minimum absolute atomic E-state index is 0.0921. The predicted molar refractivity (Wildman–Crippen MR) is 53.7 cm³/mol. The van der Waals surface area contributed by atoms with E-state index in [1.165, 1.54) is 12.3 Å². The topological polar surface area (TPSA) is 74.4 Å². The minimum atomic E-state index is -0.520. The third-order valence-corrected chi connectivity index (χ3v) is 2.26. The Bertz CT molecular complexity index is 393. The monoisotopic (exact) mass is 228 g/mol. The van der Waals surface area contributed by atoms with Gasteiger partial charge in [0.2, 0.25) is 0 Å². The summed E-state index contributed by atoms with van der Waals surface area (Å²) in [4.78, 5) is 15.3. The number of aromatic nitrogens is 1. The molecule has 0 unspecified atom stereocenters. The van der Waals surface area contributed by atoms with Crippen LogP contribution in [0, 0.1) is 0 Å². The van der Waals surface area contributed by atoms with E-state index in [0.29, 0.717) is 18.9 Å². The maximum atomic E-state index is 11.6. The third-order valence-electron chi connectivity index (χ3n) is 1.96. The normalized spacial score (nSPS) is 15.8. The average Bonchev–Trinajstić information content (AvgIpc) is 2.15. The van der Waals surface area contributed by atoms with E-state index >= 15 is 0 Å². The van der Waals surface area contributed by atoms with E-state index in [0.717, 1.165) is 0 Å². The third kappa shape index (κ3) is 2.19. The molecule has 0 radical (unpaired) electrons. The van der Waals surface area contributed by atoms with Gasteiger partial charge in [-0.1, -0.05) is 11.6 Å². The first-order valence-corrected chi connectivity index (χ1v) is 4.74. The Morgan fingerprint density at radius 1 is 1.67 bits per heavy atom. The van der Waals surface area contributed by atoms with Crippen LogP contribution in [-0.4, -0.2) is 30.3 Å². The van der Waals surface area contributed by atoms with Crippen LogP contribution >= 0.6 is 11.6 Å². The molecule has 0 spiro atoms. The molecule has 1 saturated heterocycles. The molecule has 0 aliphatic carbocycles. The summed E-state index contributed by atoms with van der Waals surface area (Å²) in [6.07, 6.45) is 1.20. The molecule has 2 rings (SSSR count). The Labute approximate surface area is 91.1 Å². The molecular weight excluding hydrogens is 220 g/mol. The fourth-order valence-corrected chi connectivity index (χ4v) is 1.28. The van der Waals surface area contributed by atoms with Crippen molar-refractivity contribution in [1.82, 2.24) is 4.98 Å². The molecule has 5 nitrogen and oxygen atoms in total. The van der Waals surface area contributed by atoms with Gasteiger partial charge in [0.15, 0.2) is 0 Å². The zero-order valence-corrected chi connectivity index (χ0v) is 8.53. The number of nitrogens with two attached hydrogens (primary N) is 1. The predicted octanol–water partition coefficient (Wildman–Crippen LogP) is 0.873. The average molecular weight is 229 g/mol. The molecule has 0 amide bonds. The Balaban J connectivity index is 2.12. The first-order chi connectivity index (χ1) is 7.16. The van der Waals surface area contributed by atoms with Crippen molar-refractivity contribution in [3.05, 3.63) is 23.0 Å². The number of nitrogen functional groups attached to an aromatic ring is 1. The molecule has 80 valence electrons. The van der Waals surface area contributed by atoms with Crippen LogP contribution in [-0.2, 0) is 9.47 Å². The maximum Gasteiger partial charge on any atom is 0.341 e. The number of anilines is 1. The number of carbonyl (C=O) groups excluding carboxylic acids is 1. The smallest absolute Gasteiger partial charge is 0.341 e. The highest BCUT2D eigenvalue weighted by Crippen LogP contribution is 2.18. The fourth-order valence-electron chi connectivity index (χ4n) is 1.10. The van der Waals surface area contributed by atoms with Gasteiger partial charge in [0.05, 0.1) is 30.7 Å². The molecule has 6 heteroatoms. The number of rotatable bonds is 2. The van der Waals surface area contributed by atoms with Crippen molar-refractivity contribution in [3.63, 3.8) is 0 Å². The SMILES string of the molecule is Nc1cnc(Cl)c(C(=O)OC2COC2)c1. The van der Waals surface area contributed by atoms with Gasteiger partial charge in [-0.05, 0) is 6.07 Å². The lowest BCUT2D eigenvalue weighted by molar-refractivity contribution is -0.103. The summed E-state index contributed by atoms with van der Waals surface area (Å²) in [5, 5.41) is 0.0921. The molecule has 2 heterocycles. The second-order valence-corrected chi connectivity index (χ2v) is 3.53. The molecule has 0 atom stereocenters. The van der Waals surface area contributed by atoms with Crippen LogP contribution in [0.5, 0.6) is 0 Å². The molecule has 0 aromatic carbocycles. The molecule has 1 aromatic rings. The molecule has 1 fully saturated rings. The van der Waals surface area contributed by atoms with E-state index in [-0.39, 0.29) is 16.8 Å². The van der Waals surface area contributed by atoms with Gasteiger partial charge in [-0.25, -0.2) is 9.78 Å². The number of nitrogens with zero attached hydrogens (tertiary/aromatic N) is 1. The summed E-state index contributed by atoms with van der Waals surface area (Å²) in [6, 6.07) is 1.44. The Morgan fingerprint density at radius 2 is 2.40 bits per heavy atom. The highest BCUT2D eigenvalue weighted by atomic mass is 35.5. The molecule has 1 aliphatic heterocycles. The van der Waals surface area contributed by atoms with E-state index in [1.807, 2.05) is 0 Å². The van der Waals surface area contributed by atoms with E-state index in [2.05, 4.69) is 4.98 Å². The largest absolute Gasteiger partial charge is 0.454 e. The second-order valence-electron chi connectivity index (χ2n) is 3.17. The first-order valence-electron chi connectivity index (χ1n) is 4.36. The summed E-state index contributed by atoms with van der Waals surface area (Å²) in [6.45, 7) is 0.859. The van der Waals surface area contributed by atoms with Crippen LogP contribution in [0.3, 0.4) is 0 Å². The number of hydrogen-bond acceptors (Lipinski definition) is 5. The summed E-state index contributed by atoms with van der Waals surface area (Å²) < 4.78 is 9.94. The van der Waals surface area contributed by atoms with E-state index in [4.69, 9.17) is 26.8 Å². The van der Waals surface area contributed by atoms with Gasteiger partial charge < -0.3 is 15.2 Å². The van der Waals surface area contributed by atoms with E-state index in [9.17, 15) is 4.79 Å². The summed E-state index contributed by atoms with van der Waals surface area (Å²) in [7, 11) is 0. The molecule has 0 bridgehead atoms. The molecular formula is C9H9ClN2O3. The fraction of sp³-hybridized carbons (Fsp3) is 0.333. The number of esters is 1. The van der Waals surface area contributed by atoms with Crippen LogP contribution in [0.2, 0.25) is 5.15 Å². The van der Waals surface area contributed by atoms with Crippen molar-refractivity contribution in [2.24, 2.45) is 0 Å². The summed E-state index contributed by atoms with van der Waals surface area (Å²) in [5.41, 5.74) is 6.04. The van der Waals surface area contributed by atoms with Crippen LogP contribution in [0.1, 0.15) is 10.4 Å². The van der Waals surface area contributed by atoms with Gasteiger partial charge in [-0.15, -0.1) is 0 Å². The number of hydrogen-bond donors (Lipinski definition) is 1. The van der Waals surface area contributed by atoms with Crippen LogP contribution in [0.15, 0.2) is 12.3 Å². The van der Waals surface area contributed by atoms with Crippen molar-refractivity contribution in [3.8, 4) is 0 Å². The lowest BCUT2D eigenvalue weighted by Gasteiger charge is -2.25. The van der Waals surface area contributed by atoms with Gasteiger partial charge in [-0.3, -0.25) is 0 Å². The van der Waals surface area contributed by atoms with Gasteiger partial charge >= 0.3 is 5.97 Å². The van der Waals surface area contributed by atoms with Gasteiger partial charge in [0.25, 0.3) is 0 Å². The van der Waals surface area contributed by atoms with Crippen LogP contribution < -0.4 is 5.73 Å². The maximum absolute atomic E-state index is 11.6. The quantitative estimate of drug-likeness (QED) is 0.601. The Hall–Kier alpha value is -1.33. The highest BCUT2D eigenvalue weighted by Gasteiger charge is 2.24. The molecule has 2 N–H and O–H groups in total. The van der Waals surface area contributed by atoms with Crippen LogP contribution in [0.25, 0.3) is 0 Å². The number of ether oxygens (including phenoxy) is 2. The van der Waals surface area contributed by atoms with Crippen molar-refractivity contribution in [2.75, 3.05) is 18.9 Å². The second kappa shape index (κ2) is 4.04. The van der Waals surface area contributed by atoms with Gasteiger partial charge in [0.1, 0.15) is 11.3 Å². The van der Waals surface area contributed by atoms with Gasteiger partial charge in [-0.2, -0.15) is 0 Å². The lowest BCUT2D eigenvalue weighted by Crippen LogP contribution is -2.37. The highest BCUT2D eigenvalue weighted by molar-refractivity contribution is 6.32. The summed E-state index contributed by atoms with van der Waals surface area (Å²) >= 11 is 5.74. The van der Waals surface area contributed by atoms with Crippen LogP contribution in [0.4, 0.5) is 5.69 Å². The molecule has 1 aromatic heterocycles. The molecule has 0 saturated carbocycles. The zero-order valence-electron chi connectivity index (χ0n) is 7.77.